The minimum absolute atomic E-state index is 0.125. The summed E-state index contributed by atoms with van der Waals surface area (Å²) in [6, 6.07) is 5.95. The van der Waals surface area contributed by atoms with E-state index in [1.807, 2.05) is 41.5 Å². The minimum atomic E-state index is -0.202. The first-order valence-electron chi connectivity index (χ1n) is 10.6. The maximum absolute atomic E-state index is 12.5. The molecule has 1 aliphatic heterocycles. The van der Waals surface area contributed by atoms with Crippen LogP contribution in [0.5, 0.6) is 5.75 Å². The molecule has 2 unspecified atom stereocenters. The second-order valence-corrected chi connectivity index (χ2v) is 9.93. The number of hydrogen-bond acceptors (Lipinski definition) is 5. The molecular formula is C22H31N3O3S2. The smallest absolute Gasteiger partial charge is 0.258 e. The lowest BCUT2D eigenvalue weighted by Gasteiger charge is -2.35. The van der Waals surface area contributed by atoms with Crippen molar-refractivity contribution in [2.45, 2.75) is 40.7 Å². The van der Waals surface area contributed by atoms with Crippen molar-refractivity contribution < 1.29 is 14.3 Å². The summed E-state index contributed by atoms with van der Waals surface area (Å²) in [6.45, 7) is 11.4. The van der Waals surface area contributed by atoms with Crippen molar-refractivity contribution in [2.24, 2.45) is 16.8 Å². The second-order valence-electron chi connectivity index (χ2n) is 7.93. The molecular weight excluding hydrogens is 418 g/mol. The van der Waals surface area contributed by atoms with E-state index < -0.39 is 0 Å². The summed E-state index contributed by atoms with van der Waals surface area (Å²) >= 11 is 2.85. The molecule has 3 rings (SSSR count). The molecule has 2 heterocycles. The molecule has 2 amide bonds. The number of thioether (sulfide) groups is 1. The summed E-state index contributed by atoms with van der Waals surface area (Å²) < 4.78 is 8.67. The second kappa shape index (κ2) is 10.5. The summed E-state index contributed by atoms with van der Waals surface area (Å²) in [7, 11) is 0. The van der Waals surface area contributed by atoms with Crippen LogP contribution in [0.4, 0.5) is 0 Å². The normalized spacial score (nSPS) is 20.0. The Morgan fingerprint density at radius 1 is 1.20 bits per heavy atom. The number of aromatic nitrogens is 1. The molecule has 1 aliphatic rings. The number of amides is 2. The van der Waals surface area contributed by atoms with Crippen LogP contribution in [0.15, 0.2) is 23.2 Å². The molecule has 0 N–H and O–H groups in total. The van der Waals surface area contributed by atoms with Crippen molar-refractivity contribution in [1.29, 1.82) is 0 Å². The first-order chi connectivity index (χ1) is 14.4. The van der Waals surface area contributed by atoms with Gasteiger partial charge in [0.1, 0.15) is 5.75 Å². The Balaban J connectivity index is 1.63. The molecule has 6 nitrogen and oxygen atoms in total. The van der Waals surface area contributed by atoms with E-state index in [9.17, 15) is 9.59 Å². The molecule has 1 aromatic carbocycles. The van der Waals surface area contributed by atoms with E-state index in [2.05, 4.69) is 18.8 Å². The highest BCUT2D eigenvalue weighted by Gasteiger charge is 2.25. The molecule has 2 aromatic rings. The van der Waals surface area contributed by atoms with Crippen LogP contribution in [0.1, 0.15) is 34.1 Å². The van der Waals surface area contributed by atoms with E-state index in [0.29, 0.717) is 29.0 Å². The molecule has 1 saturated heterocycles. The van der Waals surface area contributed by atoms with E-state index in [4.69, 9.17) is 4.74 Å². The number of ether oxygens (including phenoxy) is 1. The Morgan fingerprint density at radius 2 is 1.93 bits per heavy atom. The average Bonchev–Trinajstić information content (AvgIpc) is 3.03. The molecule has 0 radical (unpaired) electrons. The van der Waals surface area contributed by atoms with Crippen LogP contribution in [0.2, 0.25) is 0 Å². The van der Waals surface area contributed by atoms with Crippen LogP contribution in [0, 0.1) is 11.8 Å². The Morgan fingerprint density at radius 3 is 2.60 bits per heavy atom. The molecule has 1 fully saturated rings. The van der Waals surface area contributed by atoms with Crippen LogP contribution in [-0.2, 0) is 16.1 Å². The van der Waals surface area contributed by atoms with Gasteiger partial charge in [-0.25, -0.2) is 0 Å². The van der Waals surface area contributed by atoms with Gasteiger partial charge < -0.3 is 14.2 Å². The lowest BCUT2D eigenvalue weighted by molar-refractivity contribution is -0.130. The molecule has 0 saturated carbocycles. The standard InChI is InChI=1S/C22H31N3O3S2/c1-5-25-18-8-7-17(28-6-2)10-19(18)30-22(25)23-20(26)13-29-14-21(27)24-11-15(3)9-16(4)12-24/h7-8,10,15-16H,5-6,9,11-14H2,1-4H3. The molecule has 0 bridgehead atoms. The SMILES string of the molecule is CCOc1ccc2c(c1)sc(=NC(=O)CSCC(=O)N1CC(C)CC(C)C1)n2CC. The predicted octanol–water partition coefficient (Wildman–Crippen LogP) is 3.79. The van der Waals surface area contributed by atoms with Crippen LogP contribution in [0.3, 0.4) is 0 Å². The highest BCUT2D eigenvalue weighted by atomic mass is 32.2. The van der Waals surface area contributed by atoms with Gasteiger partial charge in [-0.15, -0.1) is 11.8 Å². The van der Waals surface area contributed by atoms with Crippen LogP contribution >= 0.6 is 23.1 Å². The summed E-state index contributed by atoms with van der Waals surface area (Å²) in [4.78, 5) is 31.9. The van der Waals surface area contributed by atoms with Gasteiger partial charge in [-0.2, -0.15) is 4.99 Å². The molecule has 30 heavy (non-hydrogen) atoms. The zero-order chi connectivity index (χ0) is 21.7. The third-order valence-electron chi connectivity index (χ3n) is 5.17. The Bertz CT molecular complexity index is 956. The number of benzene rings is 1. The molecule has 0 spiro atoms. The average molecular weight is 450 g/mol. The first-order valence-corrected chi connectivity index (χ1v) is 12.6. The summed E-state index contributed by atoms with van der Waals surface area (Å²) in [6.07, 6.45) is 1.17. The molecule has 2 atom stereocenters. The number of piperidine rings is 1. The molecule has 0 aliphatic carbocycles. The van der Waals surface area contributed by atoms with Crippen molar-refractivity contribution in [3.05, 3.63) is 23.0 Å². The Hall–Kier alpha value is -1.80. The van der Waals surface area contributed by atoms with Crippen molar-refractivity contribution in [3.63, 3.8) is 0 Å². The zero-order valence-electron chi connectivity index (χ0n) is 18.2. The van der Waals surface area contributed by atoms with Gasteiger partial charge in [0.05, 0.1) is 28.3 Å². The predicted molar refractivity (Wildman–Crippen MR) is 124 cm³/mol. The number of hydrogen-bond donors (Lipinski definition) is 0. The molecule has 8 heteroatoms. The summed E-state index contributed by atoms with van der Waals surface area (Å²) in [5, 5.41) is 0. The minimum Gasteiger partial charge on any atom is -0.494 e. The number of likely N-dealkylation sites (tertiary alicyclic amines) is 1. The van der Waals surface area contributed by atoms with E-state index in [1.165, 1.54) is 29.5 Å². The van der Waals surface area contributed by atoms with Crippen molar-refractivity contribution in [3.8, 4) is 5.75 Å². The summed E-state index contributed by atoms with van der Waals surface area (Å²) in [5.74, 6) is 2.38. The largest absolute Gasteiger partial charge is 0.494 e. The van der Waals surface area contributed by atoms with Crippen LogP contribution in [-0.4, -0.2) is 52.5 Å². The van der Waals surface area contributed by atoms with Gasteiger partial charge in [0.25, 0.3) is 5.91 Å². The first kappa shape index (κ1) is 22.9. The fourth-order valence-corrected chi connectivity index (χ4v) is 5.86. The number of fused-ring (bicyclic) bond motifs is 1. The lowest BCUT2D eigenvalue weighted by atomic mass is 9.92. The number of thiazole rings is 1. The Labute approximate surface area is 186 Å². The third-order valence-corrected chi connectivity index (χ3v) is 7.12. The van der Waals surface area contributed by atoms with Gasteiger partial charge in [0, 0.05) is 19.6 Å². The Kier molecular flexibility index (Phi) is 7.99. The summed E-state index contributed by atoms with van der Waals surface area (Å²) in [5.41, 5.74) is 1.05. The topological polar surface area (TPSA) is 63.9 Å². The number of rotatable bonds is 7. The fourth-order valence-electron chi connectivity index (χ4n) is 4.02. The lowest BCUT2D eigenvalue weighted by Crippen LogP contribution is -2.43. The third kappa shape index (κ3) is 5.66. The maximum Gasteiger partial charge on any atom is 0.258 e. The number of carbonyl (C=O) groups excluding carboxylic acids is 2. The van der Waals surface area contributed by atoms with E-state index in [0.717, 1.165) is 35.6 Å². The number of carbonyl (C=O) groups is 2. The van der Waals surface area contributed by atoms with E-state index >= 15 is 0 Å². The van der Waals surface area contributed by atoms with Crippen LogP contribution in [0.25, 0.3) is 10.2 Å². The molecule has 164 valence electrons. The van der Waals surface area contributed by atoms with E-state index in [1.54, 1.807) is 0 Å². The van der Waals surface area contributed by atoms with Gasteiger partial charge in [0.15, 0.2) is 4.80 Å². The fraction of sp³-hybridized carbons (Fsp3) is 0.591. The zero-order valence-corrected chi connectivity index (χ0v) is 19.9. The van der Waals surface area contributed by atoms with Gasteiger partial charge in [0.2, 0.25) is 5.91 Å². The van der Waals surface area contributed by atoms with Gasteiger partial charge in [-0.1, -0.05) is 25.2 Å². The van der Waals surface area contributed by atoms with Crippen molar-refractivity contribution in [1.82, 2.24) is 9.47 Å². The van der Waals surface area contributed by atoms with Crippen molar-refractivity contribution >= 4 is 45.1 Å². The van der Waals surface area contributed by atoms with E-state index in [-0.39, 0.29) is 17.6 Å². The van der Waals surface area contributed by atoms with Crippen molar-refractivity contribution in [2.75, 3.05) is 31.2 Å². The number of aryl methyl sites for hydroxylation is 1. The maximum atomic E-state index is 12.5. The van der Waals surface area contributed by atoms with Crippen LogP contribution < -0.4 is 9.54 Å². The van der Waals surface area contributed by atoms with Gasteiger partial charge in [-0.05, 0) is 50.3 Å². The highest BCUT2D eigenvalue weighted by molar-refractivity contribution is 8.00. The number of nitrogens with zero attached hydrogens (tertiary/aromatic N) is 3. The quantitative estimate of drug-likeness (QED) is 0.645. The van der Waals surface area contributed by atoms with Gasteiger partial charge in [-0.3, -0.25) is 9.59 Å². The van der Waals surface area contributed by atoms with Gasteiger partial charge >= 0.3 is 0 Å². The monoisotopic (exact) mass is 449 g/mol. The highest BCUT2D eigenvalue weighted by Crippen LogP contribution is 2.24. The molecule has 1 aromatic heterocycles.